The number of aliphatic imine (C=N–C) groups is 1. The molecule has 1 atom stereocenters. The van der Waals surface area contributed by atoms with Crippen LogP contribution in [0.2, 0.25) is 0 Å². The summed E-state index contributed by atoms with van der Waals surface area (Å²) >= 11 is 0. The zero-order valence-corrected chi connectivity index (χ0v) is 13.6. The number of methoxy groups -OCH3 is 1. The van der Waals surface area contributed by atoms with E-state index in [1.54, 1.807) is 13.3 Å². The van der Waals surface area contributed by atoms with Gasteiger partial charge in [-0.25, -0.2) is 4.39 Å². The molecular weight excluding hydrogens is 281 g/mol. The quantitative estimate of drug-likeness (QED) is 0.716. The van der Waals surface area contributed by atoms with Crippen LogP contribution < -0.4 is 4.74 Å². The van der Waals surface area contributed by atoms with Gasteiger partial charge in [-0.3, -0.25) is 4.99 Å². The van der Waals surface area contributed by atoms with Gasteiger partial charge in [-0.15, -0.1) is 0 Å². The summed E-state index contributed by atoms with van der Waals surface area (Å²) in [5.74, 6) is 0.385. The number of nitrogens with zero attached hydrogens (tertiary/aromatic N) is 1. The first kappa shape index (κ1) is 16.7. The van der Waals surface area contributed by atoms with Crippen LogP contribution in [0.25, 0.3) is 6.08 Å². The monoisotopic (exact) mass is 305 g/mol. The Hall–Kier alpha value is -1.68. The lowest BCUT2D eigenvalue weighted by Gasteiger charge is -2.24. The second kappa shape index (κ2) is 7.54. The van der Waals surface area contributed by atoms with Gasteiger partial charge >= 0.3 is 0 Å². The highest BCUT2D eigenvalue weighted by Crippen LogP contribution is 2.32. The van der Waals surface area contributed by atoms with Gasteiger partial charge in [0.15, 0.2) is 11.6 Å². The SMILES string of the molecule is C=Cc1c(F)c(OCCCOC)cc2c1C=NC(C(C)C)C2. The van der Waals surface area contributed by atoms with Gasteiger partial charge in [0.1, 0.15) is 0 Å². The zero-order chi connectivity index (χ0) is 16.1. The van der Waals surface area contributed by atoms with Gasteiger partial charge in [0.05, 0.1) is 12.6 Å². The van der Waals surface area contributed by atoms with Crippen LogP contribution in [-0.4, -0.2) is 32.6 Å². The van der Waals surface area contributed by atoms with Gasteiger partial charge < -0.3 is 9.47 Å². The second-order valence-electron chi connectivity index (χ2n) is 5.87. The minimum atomic E-state index is -0.361. The van der Waals surface area contributed by atoms with E-state index in [-0.39, 0.29) is 11.9 Å². The number of hydrogen-bond acceptors (Lipinski definition) is 3. The highest BCUT2D eigenvalue weighted by molar-refractivity contribution is 5.89. The van der Waals surface area contributed by atoms with Gasteiger partial charge in [0.2, 0.25) is 0 Å². The number of hydrogen-bond donors (Lipinski definition) is 0. The summed E-state index contributed by atoms with van der Waals surface area (Å²) in [4.78, 5) is 4.54. The van der Waals surface area contributed by atoms with E-state index < -0.39 is 0 Å². The maximum atomic E-state index is 14.5. The molecule has 0 aromatic heterocycles. The first-order valence-corrected chi connectivity index (χ1v) is 7.71. The highest BCUT2D eigenvalue weighted by Gasteiger charge is 2.23. The minimum absolute atomic E-state index is 0.233. The Morgan fingerprint density at radius 2 is 2.23 bits per heavy atom. The van der Waals surface area contributed by atoms with Crippen molar-refractivity contribution >= 4 is 12.3 Å². The van der Waals surface area contributed by atoms with Gasteiger partial charge in [-0.05, 0) is 24.0 Å². The standard InChI is InChI=1S/C18H24FNO2/c1-5-14-15-11-20-16(12(2)3)9-13(15)10-17(18(14)19)22-8-6-7-21-4/h5,10-12,16H,1,6-9H2,2-4H3. The Morgan fingerprint density at radius 3 is 2.86 bits per heavy atom. The van der Waals surface area contributed by atoms with E-state index in [9.17, 15) is 4.39 Å². The molecule has 0 N–H and O–H groups in total. The first-order chi connectivity index (χ1) is 10.6. The van der Waals surface area contributed by atoms with E-state index in [0.717, 1.165) is 24.0 Å². The third-order valence-corrected chi connectivity index (χ3v) is 3.94. The molecule has 1 heterocycles. The van der Waals surface area contributed by atoms with Crippen LogP contribution in [0.1, 0.15) is 37.0 Å². The summed E-state index contributed by atoms with van der Waals surface area (Å²) in [6.45, 7) is 9.05. The Balaban J connectivity index is 2.28. The van der Waals surface area contributed by atoms with E-state index in [2.05, 4.69) is 25.4 Å². The normalized spacial score (nSPS) is 16.7. The maximum absolute atomic E-state index is 14.5. The van der Waals surface area contributed by atoms with Crippen LogP contribution in [0.5, 0.6) is 5.75 Å². The first-order valence-electron chi connectivity index (χ1n) is 7.71. The molecule has 1 aliphatic rings. The van der Waals surface area contributed by atoms with Crippen molar-refractivity contribution in [3.05, 3.63) is 35.2 Å². The van der Waals surface area contributed by atoms with Crippen molar-refractivity contribution in [1.82, 2.24) is 0 Å². The van der Waals surface area contributed by atoms with E-state index in [1.165, 1.54) is 6.08 Å². The Bertz CT molecular complexity index is 567. The number of rotatable bonds is 7. The van der Waals surface area contributed by atoms with Gasteiger partial charge in [0.25, 0.3) is 0 Å². The molecule has 0 aliphatic carbocycles. The molecule has 0 fully saturated rings. The summed E-state index contributed by atoms with van der Waals surface area (Å²) in [6.07, 6.45) is 4.85. The van der Waals surface area contributed by atoms with Crippen LogP contribution in [0, 0.1) is 11.7 Å². The molecule has 0 saturated heterocycles. The summed E-state index contributed by atoms with van der Waals surface area (Å²) in [7, 11) is 1.64. The summed E-state index contributed by atoms with van der Waals surface area (Å²) in [6, 6.07) is 2.04. The number of benzene rings is 1. The van der Waals surface area contributed by atoms with Gasteiger partial charge in [-0.1, -0.05) is 26.5 Å². The lowest BCUT2D eigenvalue weighted by atomic mass is 9.89. The van der Waals surface area contributed by atoms with E-state index in [1.807, 2.05) is 6.07 Å². The molecule has 0 spiro atoms. The molecule has 0 amide bonds. The molecule has 1 aliphatic heterocycles. The Morgan fingerprint density at radius 1 is 1.45 bits per heavy atom. The summed E-state index contributed by atoms with van der Waals surface area (Å²) in [5.41, 5.74) is 2.38. The molecule has 3 nitrogen and oxygen atoms in total. The molecular formula is C18H24FNO2. The van der Waals surface area contributed by atoms with E-state index >= 15 is 0 Å². The van der Waals surface area contributed by atoms with Crippen molar-refractivity contribution in [2.24, 2.45) is 10.9 Å². The molecule has 1 aromatic rings. The minimum Gasteiger partial charge on any atom is -0.490 e. The zero-order valence-electron chi connectivity index (χ0n) is 13.6. The molecule has 120 valence electrons. The van der Waals surface area contributed by atoms with Crippen LogP contribution in [0.3, 0.4) is 0 Å². The number of halogens is 1. The second-order valence-corrected chi connectivity index (χ2v) is 5.87. The lowest BCUT2D eigenvalue weighted by molar-refractivity contribution is 0.170. The molecule has 2 rings (SSSR count). The van der Waals surface area contributed by atoms with Gasteiger partial charge in [0, 0.05) is 37.5 Å². The Labute approximate surface area is 131 Å². The van der Waals surface area contributed by atoms with Crippen molar-refractivity contribution in [3.63, 3.8) is 0 Å². The van der Waals surface area contributed by atoms with E-state index in [0.29, 0.717) is 30.4 Å². The number of ether oxygens (including phenoxy) is 2. The predicted octanol–water partition coefficient (Wildman–Crippen LogP) is 3.88. The van der Waals surface area contributed by atoms with Gasteiger partial charge in [-0.2, -0.15) is 0 Å². The van der Waals surface area contributed by atoms with Crippen LogP contribution >= 0.6 is 0 Å². The fourth-order valence-corrected chi connectivity index (χ4v) is 2.59. The maximum Gasteiger partial charge on any atom is 0.172 e. The average molecular weight is 305 g/mol. The van der Waals surface area contributed by atoms with E-state index in [4.69, 9.17) is 9.47 Å². The molecule has 4 heteroatoms. The fourth-order valence-electron chi connectivity index (χ4n) is 2.59. The topological polar surface area (TPSA) is 30.8 Å². The van der Waals surface area contributed by atoms with Crippen LogP contribution in [0.4, 0.5) is 4.39 Å². The largest absolute Gasteiger partial charge is 0.490 e. The van der Waals surface area contributed by atoms with Crippen molar-refractivity contribution < 1.29 is 13.9 Å². The molecule has 0 bridgehead atoms. The van der Waals surface area contributed by atoms with Crippen LogP contribution in [0.15, 0.2) is 17.6 Å². The average Bonchev–Trinajstić information content (AvgIpc) is 2.51. The number of fused-ring (bicyclic) bond motifs is 1. The molecule has 0 radical (unpaired) electrons. The van der Waals surface area contributed by atoms with Crippen molar-refractivity contribution in [1.29, 1.82) is 0 Å². The lowest BCUT2D eigenvalue weighted by Crippen LogP contribution is -2.22. The van der Waals surface area contributed by atoms with Crippen molar-refractivity contribution in [3.8, 4) is 5.75 Å². The van der Waals surface area contributed by atoms with Crippen LogP contribution in [-0.2, 0) is 11.2 Å². The predicted molar refractivity (Wildman–Crippen MR) is 88.4 cm³/mol. The third-order valence-electron chi connectivity index (χ3n) is 3.94. The molecule has 22 heavy (non-hydrogen) atoms. The third kappa shape index (κ3) is 3.55. The molecule has 0 saturated carbocycles. The van der Waals surface area contributed by atoms with Crippen molar-refractivity contribution in [2.45, 2.75) is 32.7 Å². The summed E-state index contributed by atoms with van der Waals surface area (Å²) in [5, 5.41) is 0. The molecule has 1 unspecified atom stereocenters. The highest BCUT2D eigenvalue weighted by atomic mass is 19.1. The summed E-state index contributed by atoms with van der Waals surface area (Å²) < 4.78 is 25.1. The smallest absolute Gasteiger partial charge is 0.172 e. The molecule has 1 aromatic carbocycles. The fraction of sp³-hybridized carbons (Fsp3) is 0.500. The Kier molecular flexibility index (Phi) is 5.72. The van der Waals surface area contributed by atoms with Crippen molar-refractivity contribution in [2.75, 3.05) is 20.3 Å².